The van der Waals surface area contributed by atoms with Crippen LogP contribution in [0.15, 0.2) is 26.7 Å². The lowest BCUT2D eigenvalue weighted by Crippen LogP contribution is -2.16. The fraction of sp³-hybridized carbons (Fsp3) is 0.417. The molecule has 2 aromatic heterocycles. The Morgan fingerprint density at radius 3 is 2.78 bits per heavy atom. The quantitative estimate of drug-likeness (QED) is 0.836. The Labute approximate surface area is 128 Å². The van der Waals surface area contributed by atoms with Gasteiger partial charge in [0, 0.05) is 41.3 Å². The van der Waals surface area contributed by atoms with Crippen LogP contribution in [0.25, 0.3) is 0 Å². The molecule has 1 unspecified atom stereocenters. The second kappa shape index (κ2) is 6.32. The van der Waals surface area contributed by atoms with Crippen molar-refractivity contribution in [2.45, 2.75) is 18.9 Å². The maximum Gasteiger partial charge on any atom is 0.108 e. The minimum absolute atomic E-state index is 0.370. The number of hydrogen-bond donors (Lipinski definition) is 1. The number of hydrogen-bond acceptors (Lipinski definition) is 3. The van der Waals surface area contributed by atoms with E-state index in [0.717, 1.165) is 26.9 Å². The van der Waals surface area contributed by atoms with Crippen LogP contribution >= 0.6 is 43.2 Å². The van der Waals surface area contributed by atoms with Crippen molar-refractivity contribution in [3.05, 3.63) is 37.4 Å². The van der Waals surface area contributed by atoms with Crippen molar-refractivity contribution in [2.24, 2.45) is 7.05 Å². The van der Waals surface area contributed by atoms with Crippen LogP contribution in [-0.2, 0) is 13.5 Å². The highest BCUT2D eigenvalue weighted by Crippen LogP contribution is 2.36. The van der Waals surface area contributed by atoms with E-state index >= 15 is 0 Å². The van der Waals surface area contributed by atoms with Gasteiger partial charge in [0.25, 0.3) is 0 Å². The lowest BCUT2D eigenvalue weighted by atomic mass is 10.1. The van der Waals surface area contributed by atoms with Gasteiger partial charge in [-0.25, -0.2) is 4.98 Å². The van der Waals surface area contributed by atoms with E-state index in [4.69, 9.17) is 0 Å². The zero-order chi connectivity index (χ0) is 13.1. The van der Waals surface area contributed by atoms with E-state index in [0.29, 0.717) is 6.04 Å². The predicted molar refractivity (Wildman–Crippen MR) is 83.0 cm³/mol. The van der Waals surface area contributed by atoms with Crippen LogP contribution in [0.1, 0.15) is 23.2 Å². The van der Waals surface area contributed by atoms with Gasteiger partial charge in [-0.2, -0.15) is 0 Å². The first-order chi connectivity index (χ1) is 8.61. The number of aromatic nitrogens is 2. The summed E-state index contributed by atoms with van der Waals surface area (Å²) in [6.45, 7) is 0. The lowest BCUT2D eigenvalue weighted by Gasteiger charge is -2.14. The van der Waals surface area contributed by atoms with Gasteiger partial charge in [0.05, 0.1) is 3.79 Å². The summed E-state index contributed by atoms with van der Waals surface area (Å²) in [6.07, 6.45) is 5.85. The molecule has 0 saturated carbocycles. The van der Waals surface area contributed by atoms with E-state index in [1.165, 1.54) is 4.88 Å². The molecule has 0 aliphatic rings. The topological polar surface area (TPSA) is 29.9 Å². The van der Waals surface area contributed by atoms with Crippen molar-refractivity contribution in [3.63, 3.8) is 0 Å². The Balaban J connectivity index is 2.04. The van der Waals surface area contributed by atoms with E-state index in [1.54, 1.807) is 11.3 Å². The smallest absolute Gasteiger partial charge is 0.108 e. The Hall–Kier alpha value is -0.170. The largest absolute Gasteiger partial charge is 0.338 e. The molecule has 0 amide bonds. The molecule has 0 saturated heterocycles. The van der Waals surface area contributed by atoms with Crippen LogP contribution in [-0.4, -0.2) is 16.6 Å². The predicted octanol–water partition coefficient (Wildman–Crippen LogP) is 3.90. The summed E-state index contributed by atoms with van der Waals surface area (Å²) in [5.41, 5.74) is 0. The maximum atomic E-state index is 4.36. The van der Waals surface area contributed by atoms with Gasteiger partial charge >= 0.3 is 0 Å². The van der Waals surface area contributed by atoms with E-state index in [2.05, 4.69) is 52.8 Å². The number of halogens is 2. The van der Waals surface area contributed by atoms with Crippen LogP contribution in [0.5, 0.6) is 0 Å². The average Bonchev–Trinajstić information content (AvgIpc) is 2.88. The number of nitrogens with one attached hydrogen (secondary N) is 1. The van der Waals surface area contributed by atoms with Gasteiger partial charge in [0.15, 0.2) is 0 Å². The van der Waals surface area contributed by atoms with Gasteiger partial charge < -0.3 is 9.88 Å². The summed E-state index contributed by atoms with van der Waals surface area (Å²) in [7, 11) is 4.04. The average molecular weight is 393 g/mol. The zero-order valence-corrected chi connectivity index (χ0v) is 14.3. The van der Waals surface area contributed by atoms with E-state index in [-0.39, 0.29) is 0 Å². The second-order valence-electron chi connectivity index (χ2n) is 4.10. The summed E-state index contributed by atoms with van der Waals surface area (Å²) in [5, 5.41) is 3.37. The molecule has 3 nitrogen and oxygen atoms in total. The first kappa shape index (κ1) is 14.2. The molecule has 2 aromatic rings. The van der Waals surface area contributed by atoms with Gasteiger partial charge in [-0.3, -0.25) is 0 Å². The van der Waals surface area contributed by atoms with Gasteiger partial charge in [-0.05, 0) is 51.4 Å². The SMILES string of the molecule is CNC(CCc1nccn1C)c1cc(Br)c(Br)s1. The molecule has 2 heterocycles. The highest BCUT2D eigenvalue weighted by Gasteiger charge is 2.15. The summed E-state index contributed by atoms with van der Waals surface area (Å²) in [6, 6.07) is 2.54. The molecule has 0 fully saturated rings. The van der Waals surface area contributed by atoms with E-state index in [1.807, 2.05) is 26.5 Å². The molecule has 0 aliphatic heterocycles. The third-order valence-corrected chi connectivity index (χ3v) is 6.30. The van der Waals surface area contributed by atoms with Crippen LogP contribution < -0.4 is 5.32 Å². The molecule has 1 atom stereocenters. The van der Waals surface area contributed by atoms with Crippen LogP contribution in [0.3, 0.4) is 0 Å². The molecule has 0 aliphatic carbocycles. The fourth-order valence-corrected chi connectivity index (χ4v) is 4.11. The third-order valence-electron chi connectivity index (χ3n) is 2.93. The molecule has 0 aromatic carbocycles. The fourth-order valence-electron chi connectivity index (χ4n) is 1.87. The first-order valence-electron chi connectivity index (χ1n) is 5.70. The maximum absolute atomic E-state index is 4.36. The zero-order valence-electron chi connectivity index (χ0n) is 10.3. The molecule has 98 valence electrons. The molecular formula is C12H15Br2N3S. The highest BCUT2D eigenvalue weighted by atomic mass is 79.9. The lowest BCUT2D eigenvalue weighted by molar-refractivity contribution is 0.543. The molecule has 0 bridgehead atoms. The third kappa shape index (κ3) is 3.23. The standard InChI is InChI=1S/C12H15Br2N3S/c1-15-9(10-7-8(13)12(14)18-10)3-4-11-16-5-6-17(11)2/h5-7,9,15H,3-4H2,1-2H3. The van der Waals surface area contributed by atoms with Crippen LogP contribution in [0.2, 0.25) is 0 Å². The van der Waals surface area contributed by atoms with Crippen molar-refractivity contribution in [1.29, 1.82) is 0 Å². The van der Waals surface area contributed by atoms with Crippen molar-refractivity contribution in [2.75, 3.05) is 7.05 Å². The van der Waals surface area contributed by atoms with Crippen LogP contribution in [0, 0.1) is 0 Å². The molecule has 1 N–H and O–H groups in total. The Morgan fingerprint density at radius 2 is 2.28 bits per heavy atom. The van der Waals surface area contributed by atoms with Gasteiger partial charge in [0.1, 0.15) is 5.82 Å². The Bertz CT molecular complexity index is 502. The summed E-state index contributed by atoms with van der Waals surface area (Å²) >= 11 is 8.85. The highest BCUT2D eigenvalue weighted by molar-refractivity contribution is 9.13. The number of rotatable bonds is 5. The monoisotopic (exact) mass is 391 g/mol. The van der Waals surface area contributed by atoms with Gasteiger partial charge in [-0.1, -0.05) is 0 Å². The first-order valence-corrected chi connectivity index (χ1v) is 8.10. The van der Waals surface area contributed by atoms with Crippen molar-refractivity contribution >= 4 is 43.2 Å². The number of imidazole rings is 1. The number of thiophene rings is 1. The van der Waals surface area contributed by atoms with Crippen molar-refractivity contribution in [1.82, 2.24) is 14.9 Å². The molecule has 2 rings (SSSR count). The molecular weight excluding hydrogens is 378 g/mol. The van der Waals surface area contributed by atoms with Crippen molar-refractivity contribution in [3.8, 4) is 0 Å². The molecule has 18 heavy (non-hydrogen) atoms. The Kier molecular flexibility index (Phi) is 5.00. The van der Waals surface area contributed by atoms with Gasteiger partial charge in [-0.15, -0.1) is 11.3 Å². The minimum Gasteiger partial charge on any atom is -0.338 e. The normalized spacial score (nSPS) is 12.9. The van der Waals surface area contributed by atoms with Crippen molar-refractivity contribution < 1.29 is 0 Å². The summed E-state index contributed by atoms with van der Waals surface area (Å²) in [5.74, 6) is 1.13. The number of nitrogens with zero attached hydrogens (tertiary/aromatic N) is 2. The van der Waals surface area contributed by atoms with Crippen LogP contribution in [0.4, 0.5) is 0 Å². The van der Waals surface area contributed by atoms with Gasteiger partial charge in [0.2, 0.25) is 0 Å². The minimum atomic E-state index is 0.370. The summed E-state index contributed by atoms with van der Waals surface area (Å²) in [4.78, 5) is 5.70. The number of aryl methyl sites for hydroxylation is 2. The van der Waals surface area contributed by atoms with E-state index < -0.39 is 0 Å². The Morgan fingerprint density at radius 1 is 1.50 bits per heavy atom. The molecule has 0 spiro atoms. The van der Waals surface area contributed by atoms with E-state index in [9.17, 15) is 0 Å². The second-order valence-corrected chi connectivity index (χ2v) is 7.36. The summed E-state index contributed by atoms with van der Waals surface area (Å²) < 4.78 is 4.35. The molecule has 6 heteroatoms. The molecule has 0 radical (unpaired) electrons.